The van der Waals surface area contributed by atoms with Gasteiger partial charge in [0.15, 0.2) is 11.5 Å². The van der Waals surface area contributed by atoms with Crippen LogP contribution in [0.4, 0.5) is 0 Å². The van der Waals surface area contributed by atoms with E-state index in [-0.39, 0.29) is 12.5 Å². The van der Waals surface area contributed by atoms with E-state index in [1.807, 2.05) is 48.1 Å². The minimum Gasteiger partial charge on any atom is -0.454 e. The van der Waals surface area contributed by atoms with Crippen LogP contribution >= 0.6 is 0 Å². The quantitative estimate of drug-likeness (QED) is 0.257. The molecule has 0 fully saturated rings. The number of aryl methyl sites for hydroxylation is 1. The van der Waals surface area contributed by atoms with Crippen LogP contribution in [0.1, 0.15) is 21.5 Å². The first-order valence-corrected chi connectivity index (χ1v) is 10.9. The molecule has 8 nitrogen and oxygen atoms in total. The molecule has 0 unspecified atom stereocenters. The highest BCUT2D eigenvalue weighted by atomic mass is 16.7. The van der Waals surface area contributed by atoms with Gasteiger partial charge in [-0.2, -0.15) is 5.10 Å². The maximum Gasteiger partial charge on any atom is 0.287 e. The van der Waals surface area contributed by atoms with Gasteiger partial charge in [-0.3, -0.25) is 9.59 Å². The van der Waals surface area contributed by atoms with Gasteiger partial charge in [-0.05, 0) is 42.0 Å². The molecule has 0 bridgehead atoms. The smallest absolute Gasteiger partial charge is 0.287 e. The molecule has 2 N–H and O–H groups in total. The third-order valence-corrected chi connectivity index (χ3v) is 5.53. The van der Waals surface area contributed by atoms with Crippen molar-refractivity contribution in [2.24, 2.45) is 12.1 Å². The van der Waals surface area contributed by atoms with Crippen molar-refractivity contribution < 1.29 is 19.1 Å². The molecule has 0 radical (unpaired) electrons. The maximum atomic E-state index is 13.0. The molecule has 4 aromatic rings. The molecule has 0 saturated carbocycles. The topological polar surface area (TPSA) is 94.0 Å². The summed E-state index contributed by atoms with van der Waals surface area (Å²) in [4.78, 5) is 25.8. The van der Waals surface area contributed by atoms with E-state index in [4.69, 9.17) is 9.47 Å². The Morgan fingerprint density at radius 2 is 1.74 bits per heavy atom. The van der Waals surface area contributed by atoms with E-state index in [2.05, 4.69) is 15.8 Å². The third kappa shape index (κ3) is 4.77. The first-order chi connectivity index (χ1) is 17.1. The van der Waals surface area contributed by atoms with Crippen LogP contribution in [0.5, 0.6) is 11.5 Å². The van der Waals surface area contributed by atoms with E-state index in [0.29, 0.717) is 22.6 Å². The Morgan fingerprint density at radius 3 is 2.60 bits per heavy atom. The Hall–Kier alpha value is -4.85. The van der Waals surface area contributed by atoms with Gasteiger partial charge in [0.1, 0.15) is 5.70 Å². The highest BCUT2D eigenvalue weighted by Gasteiger charge is 2.17. The summed E-state index contributed by atoms with van der Waals surface area (Å²) in [6.07, 6.45) is 5.07. The van der Waals surface area contributed by atoms with Crippen molar-refractivity contribution in [2.75, 3.05) is 6.79 Å². The van der Waals surface area contributed by atoms with E-state index < -0.39 is 11.8 Å². The number of hydrogen-bond acceptors (Lipinski definition) is 5. The van der Waals surface area contributed by atoms with Crippen LogP contribution in [-0.2, 0) is 11.8 Å². The van der Waals surface area contributed by atoms with Crippen molar-refractivity contribution in [1.82, 2.24) is 15.3 Å². The number of nitrogens with zero attached hydrogens (tertiary/aromatic N) is 2. The number of hydrazone groups is 1. The molecular weight excluding hydrogens is 444 g/mol. The number of ether oxygens (including phenoxy) is 2. The second kappa shape index (κ2) is 9.56. The molecule has 174 valence electrons. The SMILES string of the molecule is Cn1cc(/C=N/NC(=O)/C(=C/c2ccc3c(c2)OCO3)NC(=O)c2ccccc2)c2ccccc21. The van der Waals surface area contributed by atoms with E-state index in [1.54, 1.807) is 54.8 Å². The second-order valence-corrected chi connectivity index (χ2v) is 7.90. The number of hydrogen-bond donors (Lipinski definition) is 2. The third-order valence-electron chi connectivity index (χ3n) is 5.53. The summed E-state index contributed by atoms with van der Waals surface area (Å²) in [6.45, 7) is 0.142. The van der Waals surface area contributed by atoms with Gasteiger partial charge in [-0.15, -0.1) is 0 Å². The van der Waals surface area contributed by atoms with Gasteiger partial charge in [0, 0.05) is 35.3 Å². The lowest BCUT2D eigenvalue weighted by Crippen LogP contribution is -2.32. The predicted octanol–water partition coefficient (Wildman–Crippen LogP) is 3.83. The van der Waals surface area contributed by atoms with Gasteiger partial charge < -0.3 is 19.4 Å². The Kier molecular flexibility index (Phi) is 6.00. The number of aromatic nitrogens is 1. The van der Waals surface area contributed by atoms with Gasteiger partial charge in [-0.25, -0.2) is 5.43 Å². The average Bonchev–Trinajstić information content (AvgIpc) is 3.48. The molecule has 1 aliphatic rings. The molecule has 2 heterocycles. The Morgan fingerprint density at radius 1 is 0.971 bits per heavy atom. The lowest BCUT2D eigenvalue weighted by atomic mass is 10.1. The molecule has 5 rings (SSSR count). The molecule has 1 aliphatic heterocycles. The van der Waals surface area contributed by atoms with E-state index in [0.717, 1.165) is 16.5 Å². The predicted molar refractivity (Wildman–Crippen MR) is 133 cm³/mol. The molecule has 0 aliphatic carbocycles. The maximum absolute atomic E-state index is 13.0. The zero-order valence-electron chi connectivity index (χ0n) is 18.9. The van der Waals surface area contributed by atoms with Crippen LogP contribution in [-0.4, -0.2) is 29.4 Å². The average molecular weight is 466 g/mol. The highest BCUT2D eigenvalue weighted by Crippen LogP contribution is 2.33. The van der Waals surface area contributed by atoms with Crippen molar-refractivity contribution in [3.8, 4) is 11.5 Å². The van der Waals surface area contributed by atoms with Gasteiger partial charge in [0.2, 0.25) is 6.79 Å². The van der Waals surface area contributed by atoms with Gasteiger partial charge in [-0.1, -0.05) is 42.5 Å². The van der Waals surface area contributed by atoms with Gasteiger partial charge >= 0.3 is 0 Å². The molecule has 0 atom stereocenters. The summed E-state index contributed by atoms with van der Waals surface area (Å²) >= 11 is 0. The minimum atomic E-state index is -0.566. The number of benzene rings is 3. The van der Waals surface area contributed by atoms with Crippen molar-refractivity contribution in [2.45, 2.75) is 0 Å². The first-order valence-electron chi connectivity index (χ1n) is 10.9. The van der Waals surface area contributed by atoms with Crippen LogP contribution in [0, 0.1) is 0 Å². The standard InChI is InChI=1S/C27H22N4O4/c1-31-16-20(21-9-5-6-10-23(21)31)15-28-30-27(33)22(29-26(32)19-7-3-2-4-8-19)13-18-11-12-24-25(14-18)35-17-34-24/h2-16H,17H2,1H3,(H,29,32)(H,30,33)/b22-13-,28-15+. The fraction of sp³-hybridized carbons (Fsp3) is 0.0741. The number of nitrogens with one attached hydrogen (secondary N) is 2. The Balaban J connectivity index is 1.39. The molecule has 0 saturated heterocycles. The Bertz CT molecular complexity index is 1470. The van der Waals surface area contributed by atoms with Gasteiger partial charge in [0.25, 0.3) is 11.8 Å². The van der Waals surface area contributed by atoms with Crippen LogP contribution < -0.4 is 20.2 Å². The number of rotatable bonds is 6. The Labute approximate surface area is 201 Å². The lowest BCUT2D eigenvalue weighted by molar-refractivity contribution is -0.117. The summed E-state index contributed by atoms with van der Waals surface area (Å²) in [6, 6.07) is 21.8. The van der Waals surface area contributed by atoms with E-state index in [1.165, 1.54) is 0 Å². The van der Waals surface area contributed by atoms with E-state index >= 15 is 0 Å². The summed E-state index contributed by atoms with van der Waals surface area (Å²) in [5, 5.41) is 7.84. The van der Waals surface area contributed by atoms with Crippen LogP contribution in [0.3, 0.4) is 0 Å². The first kappa shape index (κ1) is 22.0. The fourth-order valence-electron chi connectivity index (χ4n) is 3.81. The summed E-state index contributed by atoms with van der Waals surface area (Å²) < 4.78 is 12.8. The lowest BCUT2D eigenvalue weighted by Gasteiger charge is -2.09. The van der Waals surface area contributed by atoms with Crippen molar-refractivity contribution in [1.29, 1.82) is 0 Å². The van der Waals surface area contributed by atoms with E-state index in [9.17, 15) is 9.59 Å². The second-order valence-electron chi connectivity index (χ2n) is 7.90. The molecule has 35 heavy (non-hydrogen) atoms. The summed E-state index contributed by atoms with van der Waals surface area (Å²) in [7, 11) is 1.95. The summed E-state index contributed by atoms with van der Waals surface area (Å²) in [5.74, 6) is 0.220. The molecule has 8 heteroatoms. The molecule has 3 aromatic carbocycles. The molecule has 2 amide bonds. The van der Waals surface area contributed by atoms with Crippen molar-refractivity contribution in [3.63, 3.8) is 0 Å². The van der Waals surface area contributed by atoms with Crippen molar-refractivity contribution in [3.05, 3.63) is 101 Å². The largest absolute Gasteiger partial charge is 0.454 e. The van der Waals surface area contributed by atoms with Crippen LogP contribution in [0.2, 0.25) is 0 Å². The fourth-order valence-corrected chi connectivity index (χ4v) is 3.81. The molecule has 1 aromatic heterocycles. The number of para-hydroxylation sites is 1. The van der Waals surface area contributed by atoms with Crippen LogP contribution in [0.25, 0.3) is 17.0 Å². The van der Waals surface area contributed by atoms with Gasteiger partial charge in [0.05, 0.1) is 6.21 Å². The minimum absolute atomic E-state index is 0.0350. The highest BCUT2D eigenvalue weighted by molar-refractivity contribution is 6.06. The number of amides is 2. The zero-order valence-corrected chi connectivity index (χ0v) is 18.9. The number of carbonyl (C=O) groups is 2. The monoisotopic (exact) mass is 466 g/mol. The normalized spacial score (nSPS) is 12.8. The zero-order chi connectivity index (χ0) is 24.2. The number of fused-ring (bicyclic) bond motifs is 2. The number of carbonyl (C=O) groups excluding carboxylic acids is 2. The van der Waals surface area contributed by atoms with Crippen molar-refractivity contribution >= 4 is 35.0 Å². The van der Waals surface area contributed by atoms with Crippen LogP contribution in [0.15, 0.2) is 89.8 Å². The summed E-state index contributed by atoms with van der Waals surface area (Å²) in [5.41, 5.74) is 5.55. The molecular formula is C27H22N4O4. The molecule has 0 spiro atoms.